The normalized spacial score (nSPS) is 10.1. The van der Waals surface area contributed by atoms with E-state index < -0.39 is 5.97 Å². The number of methoxy groups -OCH3 is 1. The Hall–Kier alpha value is -2.69. The Labute approximate surface area is 117 Å². The number of rotatable bonds is 5. The van der Waals surface area contributed by atoms with Crippen LogP contribution in [0.5, 0.6) is 5.75 Å². The molecule has 0 spiro atoms. The van der Waals surface area contributed by atoms with Crippen LogP contribution in [0, 0.1) is 0 Å². The van der Waals surface area contributed by atoms with E-state index in [1.165, 1.54) is 6.07 Å². The molecule has 4 N–H and O–H groups in total. The molecule has 2 aromatic rings. The number of hydrogen-bond donors (Lipinski definition) is 3. The van der Waals surface area contributed by atoms with Crippen LogP contribution in [-0.2, 0) is 6.54 Å². The van der Waals surface area contributed by atoms with Gasteiger partial charge in [0.05, 0.1) is 24.0 Å². The molecule has 0 aromatic heterocycles. The van der Waals surface area contributed by atoms with E-state index in [1.54, 1.807) is 19.2 Å². The summed E-state index contributed by atoms with van der Waals surface area (Å²) >= 11 is 0. The lowest BCUT2D eigenvalue weighted by atomic mass is 10.1. The number of para-hydroxylation sites is 2. The van der Waals surface area contributed by atoms with Gasteiger partial charge >= 0.3 is 5.97 Å². The minimum Gasteiger partial charge on any atom is -0.496 e. The molecule has 0 aliphatic carbocycles. The molecule has 2 rings (SSSR count). The van der Waals surface area contributed by atoms with Gasteiger partial charge in [0, 0.05) is 12.1 Å². The number of carboxylic acid groups (broad SMARTS) is 1. The van der Waals surface area contributed by atoms with Crippen molar-refractivity contribution < 1.29 is 14.6 Å². The number of hydrogen-bond acceptors (Lipinski definition) is 4. The van der Waals surface area contributed by atoms with Crippen LogP contribution in [0.4, 0.5) is 11.4 Å². The second-order valence-electron chi connectivity index (χ2n) is 4.24. The second kappa shape index (κ2) is 5.97. The molecule has 0 saturated heterocycles. The Kier molecular flexibility index (Phi) is 4.10. The Bertz CT molecular complexity index is 626. The molecule has 0 aliphatic heterocycles. The van der Waals surface area contributed by atoms with Crippen LogP contribution < -0.4 is 15.8 Å². The lowest BCUT2D eigenvalue weighted by molar-refractivity contribution is 0.0698. The molecule has 0 saturated carbocycles. The van der Waals surface area contributed by atoms with Crippen molar-refractivity contribution in [3.63, 3.8) is 0 Å². The van der Waals surface area contributed by atoms with E-state index in [-0.39, 0.29) is 5.56 Å². The van der Waals surface area contributed by atoms with Gasteiger partial charge in [-0.25, -0.2) is 4.79 Å². The average Bonchev–Trinajstić information content (AvgIpc) is 2.46. The molecule has 0 atom stereocenters. The number of carboxylic acids is 1. The first-order chi connectivity index (χ1) is 9.63. The van der Waals surface area contributed by atoms with E-state index in [0.717, 1.165) is 11.3 Å². The van der Waals surface area contributed by atoms with Crippen molar-refractivity contribution in [1.29, 1.82) is 0 Å². The summed E-state index contributed by atoms with van der Waals surface area (Å²) in [6.45, 7) is 0.429. The van der Waals surface area contributed by atoms with Crippen LogP contribution >= 0.6 is 0 Å². The largest absolute Gasteiger partial charge is 0.496 e. The van der Waals surface area contributed by atoms with Crippen LogP contribution in [0.25, 0.3) is 0 Å². The van der Waals surface area contributed by atoms with Crippen LogP contribution in [0.2, 0.25) is 0 Å². The fourth-order valence-electron chi connectivity index (χ4n) is 1.98. The lowest BCUT2D eigenvalue weighted by Gasteiger charge is -2.14. The van der Waals surface area contributed by atoms with Gasteiger partial charge in [0.15, 0.2) is 0 Å². The standard InChI is InChI=1S/C15H16N2O3/c1-20-13-8-3-2-5-10(13)9-17-14-11(15(18)19)6-4-7-12(14)16/h2-8,17H,9,16H2,1H3,(H,18,19). The summed E-state index contributed by atoms with van der Waals surface area (Å²) < 4.78 is 5.25. The monoisotopic (exact) mass is 272 g/mol. The SMILES string of the molecule is COc1ccccc1CNc1c(N)cccc1C(=O)O. The van der Waals surface area contributed by atoms with E-state index in [9.17, 15) is 4.79 Å². The molecule has 5 heteroatoms. The molecule has 0 heterocycles. The molecular formula is C15H16N2O3. The highest BCUT2D eigenvalue weighted by Crippen LogP contribution is 2.25. The van der Waals surface area contributed by atoms with Crippen LogP contribution in [-0.4, -0.2) is 18.2 Å². The van der Waals surface area contributed by atoms with Crippen molar-refractivity contribution in [2.45, 2.75) is 6.54 Å². The average molecular weight is 272 g/mol. The number of carbonyl (C=O) groups is 1. The van der Waals surface area contributed by atoms with E-state index in [2.05, 4.69) is 5.32 Å². The third kappa shape index (κ3) is 2.83. The zero-order chi connectivity index (χ0) is 14.5. The Morgan fingerprint density at radius 3 is 2.70 bits per heavy atom. The van der Waals surface area contributed by atoms with Gasteiger partial charge in [-0.1, -0.05) is 24.3 Å². The number of anilines is 2. The van der Waals surface area contributed by atoms with Gasteiger partial charge in [-0.3, -0.25) is 0 Å². The van der Waals surface area contributed by atoms with Crippen LogP contribution in [0.15, 0.2) is 42.5 Å². The number of nitrogens with two attached hydrogens (primary N) is 1. The van der Waals surface area contributed by atoms with Crippen LogP contribution in [0.3, 0.4) is 0 Å². The molecule has 0 fully saturated rings. The predicted octanol–water partition coefficient (Wildman–Crippen LogP) is 2.59. The highest BCUT2D eigenvalue weighted by Gasteiger charge is 2.12. The van der Waals surface area contributed by atoms with E-state index in [1.807, 2.05) is 24.3 Å². The van der Waals surface area contributed by atoms with E-state index >= 15 is 0 Å². The first kappa shape index (κ1) is 13.7. The summed E-state index contributed by atoms with van der Waals surface area (Å²) in [6, 6.07) is 12.3. The summed E-state index contributed by atoms with van der Waals surface area (Å²) in [7, 11) is 1.60. The summed E-state index contributed by atoms with van der Waals surface area (Å²) in [6.07, 6.45) is 0. The molecule has 0 unspecified atom stereocenters. The van der Waals surface area contributed by atoms with Gasteiger partial charge in [-0.05, 0) is 18.2 Å². The van der Waals surface area contributed by atoms with E-state index in [0.29, 0.717) is 17.9 Å². The number of benzene rings is 2. The summed E-state index contributed by atoms with van der Waals surface area (Å²) in [5.74, 6) is -0.272. The molecule has 0 bridgehead atoms. The molecule has 20 heavy (non-hydrogen) atoms. The predicted molar refractivity (Wildman–Crippen MR) is 78.1 cm³/mol. The Morgan fingerprint density at radius 2 is 2.00 bits per heavy atom. The first-order valence-electron chi connectivity index (χ1n) is 6.11. The Morgan fingerprint density at radius 1 is 1.25 bits per heavy atom. The van der Waals surface area contributed by atoms with Gasteiger partial charge in [-0.2, -0.15) is 0 Å². The zero-order valence-corrected chi connectivity index (χ0v) is 11.1. The zero-order valence-electron chi connectivity index (χ0n) is 11.1. The molecule has 104 valence electrons. The van der Waals surface area contributed by atoms with Gasteiger partial charge in [0.2, 0.25) is 0 Å². The third-order valence-corrected chi connectivity index (χ3v) is 2.98. The molecular weight excluding hydrogens is 256 g/mol. The third-order valence-electron chi connectivity index (χ3n) is 2.98. The molecule has 5 nitrogen and oxygen atoms in total. The fourth-order valence-corrected chi connectivity index (χ4v) is 1.98. The first-order valence-corrected chi connectivity index (χ1v) is 6.11. The van der Waals surface area contributed by atoms with Crippen molar-refractivity contribution in [2.24, 2.45) is 0 Å². The molecule has 0 radical (unpaired) electrons. The van der Waals surface area contributed by atoms with Crippen molar-refractivity contribution in [1.82, 2.24) is 0 Å². The van der Waals surface area contributed by atoms with Gasteiger partial charge in [0.25, 0.3) is 0 Å². The number of nitrogens with one attached hydrogen (secondary N) is 1. The quantitative estimate of drug-likeness (QED) is 0.728. The second-order valence-corrected chi connectivity index (χ2v) is 4.24. The summed E-state index contributed by atoms with van der Waals surface area (Å²) in [5, 5.41) is 12.2. The highest BCUT2D eigenvalue weighted by molar-refractivity contribution is 5.97. The topological polar surface area (TPSA) is 84.6 Å². The van der Waals surface area contributed by atoms with Crippen molar-refractivity contribution >= 4 is 17.3 Å². The molecule has 0 aliphatic rings. The van der Waals surface area contributed by atoms with E-state index in [4.69, 9.17) is 15.6 Å². The smallest absolute Gasteiger partial charge is 0.337 e. The van der Waals surface area contributed by atoms with Crippen molar-refractivity contribution in [3.8, 4) is 5.75 Å². The van der Waals surface area contributed by atoms with Gasteiger partial charge in [0.1, 0.15) is 5.75 Å². The minimum atomic E-state index is -1.01. The highest BCUT2D eigenvalue weighted by atomic mass is 16.5. The molecule has 2 aromatic carbocycles. The number of nitrogen functional groups attached to an aromatic ring is 1. The summed E-state index contributed by atoms with van der Waals surface area (Å²) in [5.41, 5.74) is 7.74. The maximum atomic E-state index is 11.2. The maximum absolute atomic E-state index is 11.2. The van der Waals surface area contributed by atoms with Gasteiger partial charge < -0.3 is 20.9 Å². The molecule has 0 amide bonds. The Balaban J connectivity index is 2.25. The van der Waals surface area contributed by atoms with Crippen molar-refractivity contribution in [2.75, 3.05) is 18.2 Å². The van der Waals surface area contributed by atoms with Crippen LogP contribution in [0.1, 0.15) is 15.9 Å². The van der Waals surface area contributed by atoms with Gasteiger partial charge in [-0.15, -0.1) is 0 Å². The summed E-state index contributed by atoms with van der Waals surface area (Å²) in [4.78, 5) is 11.2. The minimum absolute atomic E-state index is 0.153. The number of aromatic carboxylic acids is 1. The lowest BCUT2D eigenvalue weighted by Crippen LogP contribution is -2.09. The maximum Gasteiger partial charge on any atom is 0.337 e. The number of ether oxygens (including phenoxy) is 1. The van der Waals surface area contributed by atoms with Crippen molar-refractivity contribution in [3.05, 3.63) is 53.6 Å². The fraction of sp³-hybridized carbons (Fsp3) is 0.133.